The summed E-state index contributed by atoms with van der Waals surface area (Å²) < 4.78 is 18.6. The third-order valence-electron chi connectivity index (χ3n) is 7.76. The third-order valence-corrected chi connectivity index (χ3v) is 7.76. The van der Waals surface area contributed by atoms with Crippen molar-refractivity contribution in [2.45, 2.75) is 98.5 Å². The molecule has 0 aliphatic heterocycles. The Hall–Kier alpha value is -4.31. The molecule has 0 amide bonds. The molecule has 46 heavy (non-hydrogen) atoms. The van der Waals surface area contributed by atoms with Crippen LogP contribution in [0.4, 0.5) is 0 Å². The highest BCUT2D eigenvalue weighted by atomic mass is 16.5. The summed E-state index contributed by atoms with van der Waals surface area (Å²) in [4.78, 5) is 14.3. The van der Waals surface area contributed by atoms with Crippen LogP contribution >= 0.6 is 0 Å². The maximum absolute atomic E-state index is 14.3. The average molecular weight is 635 g/mol. The van der Waals surface area contributed by atoms with Gasteiger partial charge in [0.25, 0.3) is 0 Å². The van der Waals surface area contributed by atoms with E-state index in [1.54, 1.807) is 12.1 Å². The molecule has 0 aliphatic rings. The van der Waals surface area contributed by atoms with Gasteiger partial charge in [-0.05, 0) is 84.6 Å². The summed E-state index contributed by atoms with van der Waals surface area (Å²) in [6, 6.07) is 3.32. The SMILES string of the molecule is CC(C)=CCc1c(OCCCCCC(=N)N)cc2oc3cc(OCCCCCC(=N)N)c(CO)c(CC=C(C)C)c3c(=O)c2c1O. The van der Waals surface area contributed by atoms with E-state index in [1.165, 1.54) is 0 Å². The molecule has 0 saturated carbocycles. The Morgan fingerprint density at radius 3 is 1.72 bits per heavy atom. The highest BCUT2D eigenvalue weighted by molar-refractivity contribution is 5.97. The first-order valence-corrected chi connectivity index (χ1v) is 16.0. The lowest BCUT2D eigenvalue weighted by Gasteiger charge is -2.18. The number of aromatic hydroxyl groups is 1. The van der Waals surface area contributed by atoms with Crippen molar-refractivity contribution in [2.75, 3.05) is 13.2 Å². The van der Waals surface area contributed by atoms with E-state index in [0.717, 1.165) is 49.7 Å². The Kier molecular flexibility index (Phi) is 13.7. The molecule has 0 saturated heterocycles. The van der Waals surface area contributed by atoms with Crippen molar-refractivity contribution in [1.29, 1.82) is 10.8 Å². The number of ether oxygens (including phenoxy) is 2. The van der Waals surface area contributed by atoms with E-state index in [1.807, 2.05) is 39.8 Å². The van der Waals surface area contributed by atoms with Gasteiger partial charge in [0, 0.05) is 36.1 Å². The van der Waals surface area contributed by atoms with Gasteiger partial charge >= 0.3 is 0 Å². The summed E-state index contributed by atoms with van der Waals surface area (Å²) in [5, 5.41) is 37.2. The van der Waals surface area contributed by atoms with E-state index < -0.39 is 0 Å². The highest BCUT2D eigenvalue weighted by Crippen LogP contribution is 2.39. The van der Waals surface area contributed by atoms with E-state index >= 15 is 0 Å². The molecule has 3 aromatic rings. The molecule has 250 valence electrons. The van der Waals surface area contributed by atoms with Crippen LogP contribution in [0.25, 0.3) is 21.9 Å². The highest BCUT2D eigenvalue weighted by Gasteiger charge is 2.23. The maximum Gasteiger partial charge on any atom is 0.204 e. The summed E-state index contributed by atoms with van der Waals surface area (Å²) in [6.07, 6.45) is 10.5. The number of phenols is 1. The van der Waals surface area contributed by atoms with E-state index in [4.69, 9.17) is 36.2 Å². The van der Waals surface area contributed by atoms with E-state index in [9.17, 15) is 15.0 Å². The Labute approximate surface area is 271 Å². The Bertz CT molecular complexity index is 1660. The van der Waals surface area contributed by atoms with Gasteiger partial charge in [-0.1, -0.05) is 23.3 Å². The molecule has 8 N–H and O–H groups in total. The van der Waals surface area contributed by atoms with Crippen molar-refractivity contribution >= 4 is 33.6 Å². The van der Waals surface area contributed by atoms with Gasteiger partial charge in [-0.2, -0.15) is 0 Å². The molecule has 0 bridgehead atoms. The molecule has 0 atom stereocenters. The summed E-state index contributed by atoms with van der Waals surface area (Å²) in [5.74, 6) is 1.03. The Morgan fingerprint density at radius 2 is 1.24 bits per heavy atom. The molecule has 1 aromatic heterocycles. The van der Waals surface area contributed by atoms with Crippen molar-refractivity contribution in [3.63, 3.8) is 0 Å². The van der Waals surface area contributed by atoms with Gasteiger partial charge in [-0.3, -0.25) is 15.6 Å². The summed E-state index contributed by atoms with van der Waals surface area (Å²) >= 11 is 0. The van der Waals surface area contributed by atoms with E-state index in [0.29, 0.717) is 78.1 Å². The van der Waals surface area contributed by atoms with Crippen LogP contribution in [0.2, 0.25) is 0 Å². The minimum absolute atomic E-state index is 0.0694. The van der Waals surface area contributed by atoms with Crippen LogP contribution in [-0.2, 0) is 19.4 Å². The van der Waals surface area contributed by atoms with Crippen LogP contribution in [0.3, 0.4) is 0 Å². The molecule has 3 rings (SSSR count). The average Bonchev–Trinajstić information content (AvgIpc) is 2.98. The number of nitrogens with two attached hydrogens (primary N) is 2. The smallest absolute Gasteiger partial charge is 0.204 e. The number of unbranched alkanes of at least 4 members (excludes halogenated alkanes) is 4. The van der Waals surface area contributed by atoms with Gasteiger partial charge in [-0.15, -0.1) is 0 Å². The number of rotatable bonds is 19. The lowest BCUT2D eigenvalue weighted by Crippen LogP contribution is -2.12. The first-order valence-electron chi connectivity index (χ1n) is 16.0. The molecular weight excluding hydrogens is 584 g/mol. The zero-order chi connectivity index (χ0) is 33.8. The fourth-order valence-corrected chi connectivity index (χ4v) is 5.28. The predicted molar refractivity (Wildman–Crippen MR) is 186 cm³/mol. The lowest BCUT2D eigenvalue weighted by molar-refractivity contribution is 0.259. The molecule has 2 aromatic carbocycles. The topological polar surface area (TPSA) is 189 Å². The molecule has 1 heterocycles. The fraction of sp³-hybridized carbons (Fsp3) is 0.472. The first-order chi connectivity index (χ1) is 21.9. The van der Waals surface area contributed by atoms with Crippen LogP contribution in [0, 0.1) is 10.8 Å². The van der Waals surface area contributed by atoms with Crippen LogP contribution in [0.5, 0.6) is 17.2 Å². The minimum atomic E-state index is -0.384. The largest absolute Gasteiger partial charge is 0.507 e. The second-order valence-electron chi connectivity index (χ2n) is 12.2. The second kappa shape index (κ2) is 17.4. The molecule has 0 unspecified atom stereocenters. The van der Waals surface area contributed by atoms with Crippen LogP contribution < -0.4 is 26.4 Å². The molecule has 0 radical (unpaired) electrons. The van der Waals surface area contributed by atoms with Crippen LogP contribution in [0.1, 0.15) is 95.8 Å². The number of hydrogen-bond acceptors (Lipinski definition) is 8. The summed E-state index contributed by atoms with van der Waals surface area (Å²) in [5.41, 5.74) is 14.7. The minimum Gasteiger partial charge on any atom is -0.507 e. The standard InChI is InChI=1S/C36H50N4O6/c1-22(2)13-15-24-26(21-41)28(45-18-10-6-8-12-32(39)40)20-29-33(24)36(43)34-30(46-29)19-27(25(35(34)42)16-14-23(3)4)44-17-9-5-7-11-31(37)38/h13-14,19-20,41-42H,5-12,15-18,21H2,1-4H3,(H3,37,38)(H3,39,40). The van der Waals surface area contributed by atoms with Crippen LogP contribution in [0.15, 0.2) is 44.6 Å². The zero-order valence-corrected chi connectivity index (χ0v) is 27.7. The molecule has 0 fully saturated rings. The maximum atomic E-state index is 14.3. The quantitative estimate of drug-likeness (QED) is 0.0269. The Morgan fingerprint density at radius 1 is 0.761 bits per heavy atom. The number of phenolic OH excluding ortho intramolecular Hbond substituents is 1. The number of nitrogens with one attached hydrogen (secondary N) is 2. The van der Waals surface area contributed by atoms with Crippen molar-refractivity contribution in [3.05, 3.63) is 62.3 Å². The third kappa shape index (κ3) is 9.84. The second-order valence-corrected chi connectivity index (χ2v) is 12.2. The normalized spacial score (nSPS) is 11.1. The number of fused-ring (bicyclic) bond motifs is 2. The zero-order valence-electron chi connectivity index (χ0n) is 27.7. The van der Waals surface area contributed by atoms with Gasteiger partial charge in [-0.25, -0.2) is 0 Å². The monoisotopic (exact) mass is 634 g/mol. The molecule has 10 nitrogen and oxygen atoms in total. The van der Waals surface area contributed by atoms with Crippen molar-refractivity contribution in [1.82, 2.24) is 0 Å². The molecular formula is C36H50N4O6. The van der Waals surface area contributed by atoms with Gasteiger partial charge in [0.1, 0.15) is 33.8 Å². The number of amidine groups is 2. The first kappa shape index (κ1) is 36.2. The summed E-state index contributed by atoms with van der Waals surface area (Å²) in [7, 11) is 0. The number of benzene rings is 2. The van der Waals surface area contributed by atoms with Crippen molar-refractivity contribution in [3.8, 4) is 17.2 Å². The van der Waals surface area contributed by atoms with Crippen molar-refractivity contribution in [2.24, 2.45) is 11.5 Å². The van der Waals surface area contributed by atoms with E-state index in [2.05, 4.69) is 0 Å². The molecule has 0 aliphatic carbocycles. The Balaban J connectivity index is 2.13. The van der Waals surface area contributed by atoms with Gasteiger partial charge in [0.2, 0.25) is 5.43 Å². The lowest BCUT2D eigenvalue weighted by atomic mass is 9.95. The number of aliphatic hydroxyl groups excluding tert-OH is 1. The number of aliphatic hydroxyl groups is 1. The molecule has 10 heteroatoms. The predicted octanol–water partition coefficient (Wildman–Crippen LogP) is 6.91. The molecule has 0 spiro atoms. The number of hydrogen-bond donors (Lipinski definition) is 6. The fourth-order valence-electron chi connectivity index (χ4n) is 5.28. The van der Waals surface area contributed by atoms with E-state index in [-0.39, 0.29) is 40.4 Å². The summed E-state index contributed by atoms with van der Waals surface area (Å²) in [6.45, 7) is 8.30. The van der Waals surface area contributed by atoms with Gasteiger partial charge in [0.05, 0.1) is 36.9 Å². The van der Waals surface area contributed by atoms with Gasteiger partial charge in [0.15, 0.2) is 0 Å². The number of allylic oxidation sites excluding steroid dienone is 4. The van der Waals surface area contributed by atoms with Crippen molar-refractivity contribution < 1.29 is 24.1 Å². The van der Waals surface area contributed by atoms with Crippen LogP contribution in [-0.4, -0.2) is 35.1 Å². The van der Waals surface area contributed by atoms with Gasteiger partial charge < -0.3 is 35.6 Å².